The molecule has 0 aromatic rings. The molecule has 6 atom stereocenters. The average Bonchev–Trinajstić information content (AvgIpc) is 3.29. The van der Waals surface area contributed by atoms with Gasteiger partial charge in [-0.3, -0.25) is 28.8 Å². The van der Waals surface area contributed by atoms with Gasteiger partial charge in [0, 0.05) is 14.1 Å². The molecule has 17 nitrogen and oxygen atoms in total. The molecule has 54 heavy (non-hydrogen) atoms. The van der Waals surface area contributed by atoms with Gasteiger partial charge in [0.2, 0.25) is 11.8 Å². The number of piperazine rings is 1. The molecule has 0 aromatic carbocycles. The van der Waals surface area contributed by atoms with Gasteiger partial charge in [-0.1, -0.05) is 20.8 Å². The summed E-state index contributed by atoms with van der Waals surface area (Å²) in [7, 11) is 6.35. The normalized spacial score (nSPS) is 27.3. The van der Waals surface area contributed by atoms with Gasteiger partial charge in [-0.05, 0) is 97.2 Å². The van der Waals surface area contributed by atoms with Crippen LogP contribution in [0, 0.1) is 0 Å². The first kappa shape index (κ1) is 53.8. The van der Waals surface area contributed by atoms with Crippen LogP contribution in [-0.4, -0.2) is 147 Å². The maximum atomic E-state index is 12.1. The fraction of sp³-hybridized carbons (Fsp3) is 0.778. The van der Waals surface area contributed by atoms with Crippen LogP contribution in [0.15, 0.2) is 0 Å². The van der Waals surface area contributed by atoms with Gasteiger partial charge < -0.3 is 35.0 Å². The third kappa shape index (κ3) is 13.4. The number of nitrogens with zero attached hydrogens (tertiary/aromatic N) is 4. The summed E-state index contributed by atoms with van der Waals surface area (Å²) in [5, 5.41) is 15.4. The van der Waals surface area contributed by atoms with E-state index in [9.17, 15) is 43.5 Å². The van der Waals surface area contributed by atoms with E-state index in [1.807, 2.05) is 0 Å². The molecule has 304 valence electrons. The zero-order valence-electron chi connectivity index (χ0n) is 36.1. The van der Waals surface area contributed by atoms with E-state index in [0.29, 0.717) is 0 Å². The van der Waals surface area contributed by atoms with Gasteiger partial charge in [0.15, 0.2) is 22.6 Å². The number of Topliss-reactive ketones (excluding diaryl/α,β-unsaturated/α-hetero) is 2. The number of imide groups is 2. The van der Waals surface area contributed by atoms with E-state index < -0.39 is 64.0 Å². The van der Waals surface area contributed by atoms with Crippen LogP contribution in [0.4, 0.5) is 9.59 Å². The van der Waals surface area contributed by atoms with Crippen LogP contribution < -0.4 is 67.1 Å². The average molecular weight is 795 g/mol. The Bertz CT molecular complexity index is 1310. The van der Waals surface area contributed by atoms with Crippen molar-refractivity contribution in [1.29, 1.82) is 0 Å². The topological polar surface area (TPSA) is 215 Å². The molecule has 6 amide bonds. The van der Waals surface area contributed by atoms with Crippen LogP contribution in [0.2, 0.25) is 0 Å². The monoisotopic (exact) mass is 794 g/mol. The summed E-state index contributed by atoms with van der Waals surface area (Å²) in [6.45, 7) is 24.6. The van der Waals surface area contributed by atoms with Gasteiger partial charge in [-0.15, -0.1) is 5.60 Å². The van der Waals surface area contributed by atoms with Crippen molar-refractivity contribution in [3.8, 4) is 0 Å². The second kappa shape index (κ2) is 19.7. The Balaban J connectivity index is 0. The van der Waals surface area contributed by atoms with Crippen LogP contribution in [0.5, 0.6) is 0 Å². The Morgan fingerprint density at radius 3 is 0.981 bits per heavy atom. The van der Waals surface area contributed by atoms with Crippen molar-refractivity contribution in [1.82, 2.24) is 30.2 Å². The van der Waals surface area contributed by atoms with E-state index in [2.05, 4.69) is 10.6 Å². The summed E-state index contributed by atoms with van der Waals surface area (Å²) in [5.74, 6) is -1.80. The predicted molar refractivity (Wildman–Crippen MR) is 194 cm³/mol. The predicted octanol–water partition coefficient (Wildman–Crippen LogP) is -1.76. The molecule has 3 heterocycles. The van der Waals surface area contributed by atoms with Gasteiger partial charge in [0.1, 0.15) is 35.4 Å². The molecular formula is C36H63KN6O11. The summed E-state index contributed by atoms with van der Waals surface area (Å²) in [6.07, 6.45) is -1.57. The second-order valence-corrected chi connectivity index (χ2v) is 16.5. The van der Waals surface area contributed by atoms with Gasteiger partial charge in [0.25, 0.3) is 11.8 Å². The van der Waals surface area contributed by atoms with E-state index in [-0.39, 0.29) is 86.8 Å². The van der Waals surface area contributed by atoms with E-state index >= 15 is 0 Å². The first-order chi connectivity index (χ1) is 23.5. The van der Waals surface area contributed by atoms with Gasteiger partial charge >= 0.3 is 63.6 Å². The fourth-order valence-electron chi connectivity index (χ4n) is 4.98. The minimum Gasteiger partial charge on any atom is -0.850 e. The van der Waals surface area contributed by atoms with Crippen molar-refractivity contribution >= 4 is 47.4 Å². The smallest absolute Gasteiger partial charge is 0.850 e. The molecule has 0 saturated carbocycles. The summed E-state index contributed by atoms with van der Waals surface area (Å²) in [5.41, 5.74) is -4.87. The molecule has 2 N–H and O–H groups in total. The number of hydrogen-bond acceptors (Lipinski definition) is 13. The zero-order chi connectivity index (χ0) is 42.6. The SMILES string of the molecule is CC(C)(C)[O-].CN[C@@]1(C)C(=O)[C@H](C)N(C(=O)OC(C)(C)C)C1=O.CN[C@]1(C)C(=O)[C@H](C)N(C(=O)OC(C)(C)C)C1=O.C[C@H]1C(=O)N(C)[C@@H](C)C(=O)N1C.[K+]. The van der Waals surface area contributed by atoms with E-state index in [1.165, 1.54) is 51.6 Å². The van der Waals surface area contributed by atoms with Gasteiger partial charge in [-0.25, -0.2) is 19.4 Å². The molecule has 3 aliphatic rings. The Hall–Kier alpha value is -2.32. The summed E-state index contributed by atoms with van der Waals surface area (Å²) in [4.78, 5) is 99.8. The largest absolute Gasteiger partial charge is 1.00 e. The van der Waals surface area contributed by atoms with E-state index in [0.717, 1.165) is 9.80 Å². The number of carbonyl (C=O) groups is 8. The molecule has 0 unspecified atom stereocenters. The number of amides is 6. The molecule has 0 spiro atoms. The fourth-order valence-corrected chi connectivity index (χ4v) is 4.98. The zero-order valence-corrected chi connectivity index (χ0v) is 39.2. The third-order valence-corrected chi connectivity index (χ3v) is 8.56. The van der Waals surface area contributed by atoms with Crippen molar-refractivity contribution < 1.29 is 104 Å². The number of likely N-dealkylation sites (tertiary alicyclic amines) is 2. The Labute approximate surface area is 363 Å². The molecular weight excluding hydrogens is 732 g/mol. The minimum absolute atomic E-state index is 0. The maximum Gasteiger partial charge on any atom is 1.00 e. The number of likely N-dealkylation sites (N-methyl/N-ethyl adjacent to an activating group) is 4. The molecule has 3 fully saturated rings. The molecule has 18 heteroatoms. The number of ketones is 2. The number of nitrogens with one attached hydrogen (secondary N) is 2. The first-order valence-electron chi connectivity index (χ1n) is 17.4. The molecule has 0 aromatic heterocycles. The quantitative estimate of drug-likeness (QED) is 0.235. The van der Waals surface area contributed by atoms with Crippen LogP contribution >= 0.6 is 0 Å². The van der Waals surface area contributed by atoms with Crippen molar-refractivity contribution in [2.24, 2.45) is 0 Å². The molecule has 3 rings (SSSR count). The summed E-state index contributed by atoms with van der Waals surface area (Å²) in [6, 6.07) is -2.27. The van der Waals surface area contributed by atoms with Crippen LogP contribution in [0.1, 0.15) is 104 Å². The first-order valence-corrected chi connectivity index (χ1v) is 17.4. The van der Waals surface area contributed by atoms with Crippen molar-refractivity contribution in [2.75, 3.05) is 28.2 Å². The van der Waals surface area contributed by atoms with Gasteiger partial charge in [0.05, 0.1) is 0 Å². The minimum atomic E-state index is -1.35. The molecule has 3 saturated heterocycles. The molecule has 3 aliphatic heterocycles. The van der Waals surface area contributed by atoms with Crippen LogP contribution in [-0.2, 0) is 38.2 Å². The third-order valence-electron chi connectivity index (χ3n) is 8.56. The van der Waals surface area contributed by atoms with Crippen molar-refractivity contribution in [3.05, 3.63) is 0 Å². The Kier molecular flexibility index (Phi) is 19.6. The standard InChI is InChI=1S/2C12H20N2O4.C8H14N2O2.C4H9O.K/c2*1-7-8(15)12(5,13-6)9(16)14(7)10(17)18-11(2,3)4;1-5-7(11)10(4)6(2)8(12)9(5)3;1-4(2,3)5;/h2*7,13H,1-6H3;5-6H,1-4H3;1-3H3;/q;;;-1;+1/t7-,12+;7-,12-;5-,6-;;/m000../s1. The molecule has 0 aliphatic carbocycles. The summed E-state index contributed by atoms with van der Waals surface area (Å²) < 4.78 is 10.3. The number of hydrogen-bond donors (Lipinski definition) is 2. The Morgan fingerprint density at radius 1 is 0.593 bits per heavy atom. The maximum absolute atomic E-state index is 12.1. The number of ether oxygens (including phenoxy) is 2. The van der Waals surface area contributed by atoms with E-state index in [1.54, 1.807) is 90.3 Å². The van der Waals surface area contributed by atoms with Crippen LogP contribution in [0.3, 0.4) is 0 Å². The molecule has 0 radical (unpaired) electrons. The van der Waals surface area contributed by atoms with E-state index in [4.69, 9.17) is 9.47 Å². The van der Waals surface area contributed by atoms with Crippen molar-refractivity contribution in [2.45, 2.75) is 156 Å². The van der Waals surface area contributed by atoms with Crippen LogP contribution in [0.25, 0.3) is 0 Å². The number of carbonyl (C=O) groups excluding carboxylic acids is 8. The molecule has 0 bridgehead atoms. The summed E-state index contributed by atoms with van der Waals surface area (Å²) >= 11 is 0. The Morgan fingerprint density at radius 2 is 0.815 bits per heavy atom. The van der Waals surface area contributed by atoms with Gasteiger partial charge in [-0.2, -0.15) is 0 Å². The van der Waals surface area contributed by atoms with Crippen molar-refractivity contribution in [3.63, 3.8) is 0 Å². The second-order valence-electron chi connectivity index (χ2n) is 16.5. The number of rotatable bonds is 2.